The van der Waals surface area contributed by atoms with Gasteiger partial charge < -0.3 is 10.1 Å². The molecule has 2 heterocycles. The van der Waals surface area contributed by atoms with Crippen LogP contribution in [0.5, 0.6) is 5.75 Å². The quantitative estimate of drug-likeness (QED) is 0.919. The molecule has 0 amide bonds. The Balaban J connectivity index is 1.53. The largest absolute Gasteiger partial charge is 0.488 e. The minimum absolute atomic E-state index is 0.173. The SMILES string of the molecule is CCc1cccnc1CNCC1Cc2cc(Cl)ccc2O1. The number of halogens is 1. The normalized spacial score (nSPS) is 16.6. The molecule has 3 rings (SSSR count). The maximum absolute atomic E-state index is 6.01. The highest BCUT2D eigenvalue weighted by Crippen LogP contribution is 2.30. The third-order valence-electron chi connectivity index (χ3n) is 3.79. The van der Waals surface area contributed by atoms with Gasteiger partial charge in [0.2, 0.25) is 0 Å². The lowest BCUT2D eigenvalue weighted by Gasteiger charge is -2.13. The van der Waals surface area contributed by atoms with Gasteiger partial charge in [-0.1, -0.05) is 24.6 Å². The summed E-state index contributed by atoms with van der Waals surface area (Å²) in [6, 6.07) is 9.94. The molecule has 2 aromatic rings. The van der Waals surface area contributed by atoms with Crippen molar-refractivity contribution in [2.24, 2.45) is 0 Å². The Morgan fingerprint density at radius 3 is 3.14 bits per heavy atom. The van der Waals surface area contributed by atoms with Gasteiger partial charge in [0, 0.05) is 30.7 Å². The zero-order chi connectivity index (χ0) is 14.7. The second-order valence-corrected chi connectivity index (χ2v) is 5.73. The van der Waals surface area contributed by atoms with E-state index in [2.05, 4.69) is 23.3 Å². The fraction of sp³-hybridized carbons (Fsp3) is 0.353. The smallest absolute Gasteiger partial charge is 0.123 e. The van der Waals surface area contributed by atoms with Crippen molar-refractivity contribution in [1.29, 1.82) is 0 Å². The number of fused-ring (bicyclic) bond motifs is 1. The number of benzene rings is 1. The maximum Gasteiger partial charge on any atom is 0.123 e. The molecule has 1 aliphatic heterocycles. The van der Waals surface area contributed by atoms with E-state index in [0.29, 0.717) is 0 Å². The molecule has 0 bridgehead atoms. The summed E-state index contributed by atoms with van der Waals surface area (Å²) in [4.78, 5) is 4.44. The van der Waals surface area contributed by atoms with Crippen LogP contribution in [0.1, 0.15) is 23.7 Å². The first-order chi connectivity index (χ1) is 10.3. The number of rotatable bonds is 5. The Bertz CT molecular complexity index is 630. The van der Waals surface area contributed by atoms with Crippen LogP contribution >= 0.6 is 11.6 Å². The van der Waals surface area contributed by atoms with Crippen LogP contribution in [-0.4, -0.2) is 17.6 Å². The molecule has 3 nitrogen and oxygen atoms in total. The first kappa shape index (κ1) is 14.4. The third-order valence-corrected chi connectivity index (χ3v) is 4.03. The molecule has 1 aliphatic rings. The number of nitrogens with one attached hydrogen (secondary N) is 1. The highest BCUT2D eigenvalue weighted by molar-refractivity contribution is 6.30. The molecule has 4 heteroatoms. The molecule has 1 aromatic carbocycles. The lowest BCUT2D eigenvalue weighted by molar-refractivity contribution is 0.227. The van der Waals surface area contributed by atoms with Gasteiger partial charge in [-0.05, 0) is 41.8 Å². The lowest BCUT2D eigenvalue weighted by Crippen LogP contribution is -2.30. The number of pyridine rings is 1. The van der Waals surface area contributed by atoms with Crippen LogP contribution in [0.15, 0.2) is 36.5 Å². The van der Waals surface area contributed by atoms with E-state index in [0.717, 1.165) is 42.4 Å². The van der Waals surface area contributed by atoms with Crippen LogP contribution in [0.2, 0.25) is 5.02 Å². The summed E-state index contributed by atoms with van der Waals surface area (Å²) in [6.45, 7) is 3.74. The van der Waals surface area contributed by atoms with Gasteiger partial charge in [0.1, 0.15) is 11.9 Å². The van der Waals surface area contributed by atoms with Gasteiger partial charge in [0.15, 0.2) is 0 Å². The van der Waals surface area contributed by atoms with Crippen molar-refractivity contribution in [3.63, 3.8) is 0 Å². The van der Waals surface area contributed by atoms with Crippen LogP contribution in [0.4, 0.5) is 0 Å². The minimum Gasteiger partial charge on any atom is -0.488 e. The van der Waals surface area contributed by atoms with Crippen LogP contribution in [-0.2, 0) is 19.4 Å². The Morgan fingerprint density at radius 1 is 1.38 bits per heavy atom. The van der Waals surface area contributed by atoms with Crippen molar-refractivity contribution in [3.8, 4) is 5.75 Å². The predicted molar refractivity (Wildman–Crippen MR) is 84.9 cm³/mol. The molecule has 1 unspecified atom stereocenters. The minimum atomic E-state index is 0.173. The van der Waals surface area contributed by atoms with Crippen LogP contribution < -0.4 is 10.1 Å². The molecule has 1 aromatic heterocycles. The third kappa shape index (κ3) is 3.36. The summed E-state index contributed by atoms with van der Waals surface area (Å²) >= 11 is 6.01. The highest BCUT2D eigenvalue weighted by atomic mass is 35.5. The first-order valence-electron chi connectivity index (χ1n) is 7.35. The first-order valence-corrected chi connectivity index (χ1v) is 7.72. The van der Waals surface area contributed by atoms with Crippen molar-refractivity contribution in [3.05, 3.63) is 58.4 Å². The summed E-state index contributed by atoms with van der Waals surface area (Å²) in [7, 11) is 0. The number of nitrogens with zero attached hydrogens (tertiary/aromatic N) is 1. The molecule has 0 saturated carbocycles. The Hall–Kier alpha value is -1.58. The molecule has 0 saturated heterocycles. The summed E-state index contributed by atoms with van der Waals surface area (Å²) in [5.74, 6) is 0.957. The van der Waals surface area contributed by atoms with Gasteiger partial charge in [0.05, 0.1) is 5.69 Å². The summed E-state index contributed by atoms with van der Waals surface area (Å²) < 4.78 is 5.91. The summed E-state index contributed by atoms with van der Waals surface area (Å²) in [5.41, 5.74) is 3.62. The number of ether oxygens (including phenoxy) is 1. The molecule has 21 heavy (non-hydrogen) atoms. The molecular weight excluding hydrogens is 284 g/mol. The second kappa shape index (κ2) is 6.46. The van der Waals surface area contributed by atoms with Crippen molar-refractivity contribution in [1.82, 2.24) is 10.3 Å². The monoisotopic (exact) mass is 302 g/mol. The van der Waals surface area contributed by atoms with Gasteiger partial charge in [-0.25, -0.2) is 0 Å². The summed E-state index contributed by atoms with van der Waals surface area (Å²) in [6.07, 6.45) is 3.94. The number of hydrogen-bond acceptors (Lipinski definition) is 3. The molecule has 0 fully saturated rings. The van der Waals surface area contributed by atoms with E-state index in [-0.39, 0.29) is 6.10 Å². The van der Waals surface area contributed by atoms with E-state index in [9.17, 15) is 0 Å². The van der Waals surface area contributed by atoms with E-state index in [1.807, 2.05) is 30.5 Å². The zero-order valence-corrected chi connectivity index (χ0v) is 12.9. The topological polar surface area (TPSA) is 34.2 Å². The highest BCUT2D eigenvalue weighted by Gasteiger charge is 2.22. The number of hydrogen-bond donors (Lipinski definition) is 1. The van der Waals surface area contributed by atoms with Gasteiger partial charge in [0.25, 0.3) is 0 Å². The zero-order valence-electron chi connectivity index (χ0n) is 12.1. The van der Waals surface area contributed by atoms with E-state index >= 15 is 0 Å². The fourth-order valence-corrected chi connectivity index (χ4v) is 2.90. The van der Waals surface area contributed by atoms with Gasteiger partial charge in [-0.2, -0.15) is 0 Å². The molecule has 1 atom stereocenters. The Morgan fingerprint density at radius 2 is 2.29 bits per heavy atom. The van der Waals surface area contributed by atoms with Gasteiger partial charge in [-0.15, -0.1) is 0 Å². The van der Waals surface area contributed by atoms with Crippen molar-refractivity contribution < 1.29 is 4.74 Å². The van der Waals surface area contributed by atoms with Gasteiger partial charge in [-0.3, -0.25) is 4.98 Å². The molecule has 110 valence electrons. The fourth-order valence-electron chi connectivity index (χ4n) is 2.71. The van der Waals surface area contributed by atoms with E-state index in [1.54, 1.807) is 0 Å². The molecular formula is C17H19ClN2O. The Kier molecular flexibility index (Phi) is 4.42. The van der Waals surface area contributed by atoms with Crippen LogP contribution in [0, 0.1) is 0 Å². The summed E-state index contributed by atoms with van der Waals surface area (Å²) in [5, 5.41) is 4.22. The van der Waals surface area contributed by atoms with Gasteiger partial charge >= 0.3 is 0 Å². The van der Waals surface area contributed by atoms with E-state index < -0.39 is 0 Å². The van der Waals surface area contributed by atoms with E-state index in [4.69, 9.17) is 16.3 Å². The predicted octanol–water partition coefficient (Wildman–Crippen LogP) is 3.39. The number of aromatic nitrogens is 1. The molecule has 0 aliphatic carbocycles. The average Bonchev–Trinajstić information content (AvgIpc) is 2.89. The number of aryl methyl sites for hydroxylation is 1. The standard InChI is InChI=1S/C17H19ClN2O/c1-2-12-4-3-7-20-16(12)11-19-10-15-9-13-8-14(18)5-6-17(13)21-15/h3-8,15,19H,2,9-11H2,1H3. The maximum atomic E-state index is 6.01. The van der Waals surface area contributed by atoms with Crippen LogP contribution in [0.25, 0.3) is 0 Å². The average molecular weight is 303 g/mol. The Labute approximate surface area is 130 Å². The van der Waals surface area contributed by atoms with Crippen LogP contribution in [0.3, 0.4) is 0 Å². The molecule has 0 radical (unpaired) electrons. The van der Waals surface area contributed by atoms with Crippen molar-refractivity contribution in [2.75, 3.05) is 6.54 Å². The van der Waals surface area contributed by atoms with E-state index in [1.165, 1.54) is 11.1 Å². The molecule has 0 spiro atoms. The van der Waals surface area contributed by atoms with Crippen molar-refractivity contribution >= 4 is 11.6 Å². The van der Waals surface area contributed by atoms with Crippen molar-refractivity contribution in [2.45, 2.75) is 32.4 Å². The lowest BCUT2D eigenvalue weighted by atomic mass is 10.1. The second-order valence-electron chi connectivity index (χ2n) is 5.29. The molecule has 1 N–H and O–H groups in total.